The molecule has 0 aliphatic carbocycles. The molecule has 9 heteroatoms. The number of pyridine rings is 1. The molecule has 0 unspecified atom stereocenters. The molecule has 0 fully saturated rings. The summed E-state index contributed by atoms with van der Waals surface area (Å²) in [6.45, 7) is 2.24. The molecule has 0 radical (unpaired) electrons. The molecule has 27 heavy (non-hydrogen) atoms. The minimum absolute atomic E-state index is 0.0130. The van der Waals surface area contributed by atoms with Crippen molar-refractivity contribution in [2.75, 3.05) is 18.1 Å². The summed E-state index contributed by atoms with van der Waals surface area (Å²) >= 11 is 19.4. The first-order valence-corrected chi connectivity index (χ1v) is 10.1. The highest BCUT2D eigenvalue weighted by Crippen LogP contribution is 2.37. The normalized spacial score (nSPS) is 16.4. The van der Waals surface area contributed by atoms with E-state index >= 15 is 0 Å². The van der Waals surface area contributed by atoms with Gasteiger partial charge in [0.15, 0.2) is 12.3 Å². The Morgan fingerprint density at radius 3 is 2.78 bits per heavy atom. The number of amides is 1. The predicted molar refractivity (Wildman–Crippen MR) is 108 cm³/mol. The van der Waals surface area contributed by atoms with Crippen LogP contribution in [0.2, 0.25) is 15.1 Å². The number of hydrogen-bond acceptors (Lipinski definition) is 5. The minimum Gasteiger partial charge on any atom is -0.451 e. The van der Waals surface area contributed by atoms with Crippen LogP contribution in [-0.2, 0) is 9.53 Å². The summed E-state index contributed by atoms with van der Waals surface area (Å²) in [6.07, 6.45) is 2.04. The molecule has 5 nitrogen and oxygen atoms in total. The van der Waals surface area contributed by atoms with Crippen LogP contribution in [0.5, 0.6) is 0 Å². The quantitative estimate of drug-likeness (QED) is 0.614. The summed E-state index contributed by atoms with van der Waals surface area (Å²) in [4.78, 5) is 31.4. The molecule has 1 aliphatic heterocycles. The van der Waals surface area contributed by atoms with Gasteiger partial charge in [0.1, 0.15) is 0 Å². The summed E-state index contributed by atoms with van der Waals surface area (Å²) in [6, 6.07) is 7.68. The van der Waals surface area contributed by atoms with Gasteiger partial charge in [-0.15, -0.1) is 11.8 Å². The minimum atomic E-state index is -0.835. The lowest BCUT2D eigenvalue weighted by molar-refractivity contribution is -0.121. The van der Waals surface area contributed by atoms with Gasteiger partial charge in [0.2, 0.25) is 0 Å². The number of rotatable bonds is 3. The molecule has 0 bridgehead atoms. The van der Waals surface area contributed by atoms with E-state index in [0.717, 1.165) is 17.0 Å². The molecule has 0 spiro atoms. The van der Waals surface area contributed by atoms with Crippen molar-refractivity contribution in [2.24, 2.45) is 0 Å². The summed E-state index contributed by atoms with van der Waals surface area (Å²) in [5.41, 5.74) is 0.637. The summed E-state index contributed by atoms with van der Waals surface area (Å²) in [5.74, 6) is -1.15. The van der Waals surface area contributed by atoms with E-state index in [0.29, 0.717) is 11.8 Å². The average molecular weight is 446 g/mol. The lowest BCUT2D eigenvalue weighted by atomic mass is 10.2. The van der Waals surface area contributed by atoms with Gasteiger partial charge in [-0.3, -0.25) is 4.79 Å². The molecular weight excluding hydrogens is 431 g/mol. The van der Waals surface area contributed by atoms with Crippen LogP contribution < -0.4 is 4.90 Å². The Hall–Kier alpha value is -1.47. The van der Waals surface area contributed by atoms with Crippen LogP contribution in [0.1, 0.15) is 23.8 Å². The summed E-state index contributed by atoms with van der Waals surface area (Å²) in [5, 5.41) is 0.416. The molecular formula is C18H15Cl3N2O3S. The van der Waals surface area contributed by atoms with Gasteiger partial charge in [-0.05, 0) is 18.6 Å². The third kappa shape index (κ3) is 4.51. The summed E-state index contributed by atoms with van der Waals surface area (Å²) < 4.78 is 5.12. The topological polar surface area (TPSA) is 59.5 Å². The highest BCUT2D eigenvalue weighted by atomic mass is 35.5. The maximum absolute atomic E-state index is 12.7. The Bertz CT molecular complexity index is 894. The third-order valence-electron chi connectivity index (χ3n) is 3.98. The molecule has 2 aromatic rings. The molecule has 2 heterocycles. The number of ether oxygens (including phenoxy) is 1. The van der Waals surface area contributed by atoms with E-state index in [1.54, 1.807) is 16.7 Å². The van der Waals surface area contributed by atoms with E-state index in [-0.39, 0.29) is 26.7 Å². The Kier molecular flexibility index (Phi) is 6.52. The SMILES string of the molecule is C[C@H]1CCN(C(=O)COC(=O)c2ncc(Cl)c(Cl)c2Cl)c2ccccc2S1. The van der Waals surface area contributed by atoms with E-state index in [1.807, 2.05) is 24.3 Å². The first kappa shape index (κ1) is 20.3. The van der Waals surface area contributed by atoms with Crippen LogP contribution in [0.25, 0.3) is 0 Å². The van der Waals surface area contributed by atoms with E-state index in [4.69, 9.17) is 39.5 Å². The molecule has 142 valence electrons. The third-order valence-corrected chi connectivity index (χ3v) is 6.46. The fourth-order valence-electron chi connectivity index (χ4n) is 2.61. The zero-order valence-electron chi connectivity index (χ0n) is 14.2. The number of nitrogens with zero attached hydrogens (tertiary/aromatic N) is 2. The van der Waals surface area contributed by atoms with E-state index in [2.05, 4.69) is 11.9 Å². The van der Waals surface area contributed by atoms with E-state index < -0.39 is 12.6 Å². The molecule has 1 aromatic heterocycles. The van der Waals surface area contributed by atoms with Crippen molar-refractivity contribution in [2.45, 2.75) is 23.5 Å². The van der Waals surface area contributed by atoms with E-state index in [9.17, 15) is 9.59 Å². The molecule has 1 amide bonds. The molecule has 0 N–H and O–H groups in total. The molecule has 3 rings (SSSR count). The van der Waals surface area contributed by atoms with Gasteiger partial charge in [0.05, 0.1) is 20.8 Å². The van der Waals surface area contributed by atoms with Crippen LogP contribution in [0.3, 0.4) is 0 Å². The molecule has 1 aliphatic rings. The van der Waals surface area contributed by atoms with Crippen LogP contribution in [0.15, 0.2) is 35.4 Å². The van der Waals surface area contributed by atoms with Gasteiger partial charge in [-0.2, -0.15) is 0 Å². The van der Waals surface area contributed by atoms with Gasteiger partial charge in [-0.1, -0.05) is 53.9 Å². The Balaban J connectivity index is 1.73. The zero-order chi connectivity index (χ0) is 19.6. The number of thioether (sulfide) groups is 1. The van der Waals surface area contributed by atoms with Crippen LogP contribution >= 0.6 is 46.6 Å². The monoisotopic (exact) mass is 444 g/mol. The smallest absolute Gasteiger partial charge is 0.359 e. The van der Waals surface area contributed by atoms with Gasteiger partial charge in [-0.25, -0.2) is 9.78 Å². The predicted octanol–water partition coefficient (Wildman–Crippen LogP) is 5.12. The van der Waals surface area contributed by atoms with Gasteiger partial charge >= 0.3 is 5.97 Å². The average Bonchev–Trinajstić information content (AvgIpc) is 2.82. The number of aromatic nitrogens is 1. The van der Waals surface area contributed by atoms with E-state index in [1.165, 1.54) is 6.20 Å². The van der Waals surface area contributed by atoms with Crippen LogP contribution in [0, 0.1) is 0 Å². The number of fused-ring (bicyclic) bond motifs is 1. The molecule has 0 saturated carbocycles. The number of halogens is 3. The van der Waals surface area contributed by atoms with Crippen molar-refractivity contribution >= 4 is 64.1 Å². The van der Waals surface area contributed by atoms with Gasteiger partial charge in [0.25, 0.3) is 5.91 Å². The second kappa shape index (κ2) is 8.69. The van der Waals surface area contributed by atoms with Crippen molar-refractivity contribution in [3.63, 3.8) is 0 Å². The highest BCUT2D eigenvalue weighted by Gasteiger charge is 2.26. The Morgan fingerprint density at radius 2 is 2.00 bits per heavy atom. The second-order valence-corrected chi connectivity index (χ2v) is 8.53. The number of carbonyl (C=O) groups excluding carboxylic acids is 2. The first-order chi connectivity index (χ1) is 12.9. The Labute approximate surface area is 175 Å². The standard InChI is InChI=1S/C18H15Cl3N2O3S/c1-10-6-7-23(12-4-2-3-5-13(12)27-10)14(24)9-26-18(25)17-16(21)15(20)11(19)8-22-17/h2-5,8,10H,6-7,9H2,1H3/t10-/m0/s1. The maximum Gasteiger partial charge on any atom is 0.359 e. The molecule has 0 saturated heterocycles. The number of carbonyl (C=O) groups is 2. The largest absolute Gasteiger partial charge is 0.451 e. The molecule has 1 aromatic carbocycles. The zero-order valence-corrected chi connectivity index (χ0v) is 17.3. The fourth-order valence-corrected chi connectivity index (χ4v) is 4.28. The van der Waals surface area contributed by atoms with Crippen LogP contribution in [-0.4, -0.2) is 35.3 Å². The number of esters is 1. The van der Waals surface area contributed by atoms with Gasteiger partial charge in [0, 0.05) is 22.9 Å². The summed E-state index contributed by atoms with van der Waals surface area (Å²) in [7, 11) is 0. The number of benzene rings is 1. The number of para-hydroxylation sites is 1. The van der Waals surface area contributed by atoms with Crippen molar-refractivity contribution in [1.82, 2.24) is 4.98 Å². The number of anilines is 1. The Morgan fingerprint density at radius 1 is 1.26 bits per heavy atom. The lowest BCUT2D eigenvalue weighted by Crippen LogP contribution is -2.36. The molecule has 1 atom stereocenters. The van der Waals surface area contributed by atoms with Crippen LogP contribution in [0.4, 0.5) is 5.69 Å². The maximum atomic E-state index is 12.7. The highest BCUT2D eigenvalue weighted by molar-refractivity contribution is 8.00. The van der Waals surface area contributed by atoms with Crippen molar-refractivity contribution in [3.8, 4) is 0 Å². The second-order valence-electron chi connectivity index (χ2n) is 5.89. The fraction of sp³-hybridized carbons (Fsp3) is 0.278. The van der Waals surface area contributed by atoms with Crippen molar-refractivity contribution < 1.29 is 14.3 Å². The number of hydrogen-bond donors (Lipinski definition) is 0. The van der Waals surface area contributed by atoms with Crippen molar-refractivity contribution in [1.29, 1.82) is 0 Å². The first-order valence-electron chi connectivity index (χ1n) is 8.11. The van der Waals surface area contributed by atoms with Gasteiger partial charge < -0.3 is 9.64 Å². The lowest BCUT2D eigenvalue weighted by Gasteiger charge is -2.22. The van der Waals surface area contributed by atoms with Crippen molar-refractivity contribution in [3.05, 3.63) is 51.2 Å².